The molecule has 0 spiro atoms. The van der Waals surface area contributed by atoms with Crippen molar-refractivity contribution in [3.8, 4) is 0 Å². The molecular formula is C47H66N8O8S4. The van der Waals surface area contributed by atoms with Gasteiger partial charge in [-0.3, -0.25) is 13.9 Å². The summed E-state index contributed by atoms with van der Waals surface area (Å²) in [5, 5.41) is 9.09. The number of anilines is 2. The van der Waals surface area contributed by atoms with E-state index in [1.165, 1.54) is 53.1 Å². The molecule has 366 valence electrons. The summed E-state index contributed by atoms with van der Waals surface area (Å²) in [5.74, 6) is 3.79. The quantitative estimate of drug-likeness (QED) is 0.110. The number of aromatic nitrogens is 6. The molecule has 67 heavy (non-hydrogen) atoms. The molecule has 6 bridgehead atoms. The van der Waals surface area contributed by atoms with E-state index in [4.69, 9.17) is 9.97 Å². The lowest BCUT2D eigenvalue weighted by Gasteiger charge is -2.13. The molecule has 4 heterocycles. The molecule has 2 N–H and O–H groups in total. The molecule has 1 aliphatic rings. The van der Waals surface area contributed by atoms with E-state index in [1.807, 2.05) is 20.8 Å². The van der Waals surface area contributed by atoms with Gasteiger partial charge in [-0.05, 0) is 131 Å². The largest absolute Gasteiger partial charge is 0.744 e. The van der Waals surface area contributed by atoms with Gasteiger partial charge >= 0.3 is 16.0 Å². The maximum Gasteiger partial charge on any atom is 0.361 e. The van der Waals surface area contributed by atoms with Crippen molar-refractivity contribution >= 4 is 55.4 Å². The summed E-state index contributed by atoms with van der Waals surface area (Å²) >= 11 is 3.55. The molecule has 0 unspecified atom stereocenters. The number of hydrogen-bond acceptors (Lipinski definition) is 14. The molecule has 0 atom stereocenters. The van der Waals surface area contributed by atoms with E-state index in [9.17, 15) is 35.5 Å². The summed E-state index contributed by atoms with van der Waals surface area (Å²) in [7, 11) is -4.40. The smallest absolute Gasteiger partial charge is 0.361 e. The van der Waals surface area contributed by atoms with Crippen LogP contribution < -0.4 is 31.0 Å². The molecular weight excluding hydrogens is 933 g/mol. The molecule has 16 nitrogen and oxygen atoms in total. The van der Waals surface area contributed by atoms with Crippen LogP contribution in [0.25, 0.3) is 0 Å². The van der Waals surface area contributed by atoms with E-state index in [0.29, 0.717) is 13.1 Å². The summed E-state index contributed by atoms with van der Waals surface area (Å²) in [4.78, 5) is 35.4. The number of aryl methyl sites for hydroxylation is 5. The Hall–Kier alpha value is -4.60. The van der Waals surface area contributed by atoms with Gasteiger partial charge < -0.3 is 19.7 Å². The number of nitrogens with zero attached hydrogens (tertiary/aromatic N) is 6. The molecule has 3 aromatic heterocycles. The molecule has 20 heteroatoms. The van der Waals surface area contributed by atoms with E-state index < -0.39 is 20.2 Å². The number of nitrogens with one attached hydrogen (secondary N) is 2. The third-order valence-electron chi connectivity index (χ3n) is 11.1. The lowest BCUT2D eigenvalue weighted by atomic mass is 10.2. The Labute approximate surface area is 404 Å². The summed E-state index contributed by atoms with van der Waals surface area (Å²) in [5.41, 5.74) is 4.58. The van der Waals surface area contributed by atoms with Crippen molar-refractivity contribution < 1.29 is 35.1 Å². The van der Waals surface area contributed by atoms with Crippen molar-refractivity contribution in [3.05, 3.63) is 116 Å². The molecule has 6 rings (SSSR count). The van der Waals surface area contributed by atoms with Crippen LogP contribution in [0.5, 0.6) is 0 Å². The fraction of sp³-hybridized carbons (Fsp3) is 0.489. The van der Waals surface area contributed by atoms with Gasteiger partial charge in [0.2, 0.25) is 11.6 Å². The van der Waals surface area contributed by atoms with E-state index in [1.54, 1.807) is 58.4 Å². The summed E-state index contributed by atoms with van der Waals surface area (Å²) in [6.07, 6.45) is 10.3. The second kappa shape index (κ2) is 26.8. The van der Waals surface area contributed by atoms with Crippen LogP contribution in [0.4, 0.5) is 11.6 Å². The van der Waals surface area contributed by atoms with Crippen molar-refractivity contribution in [2.24, 2.45) is 14.1 Å². The molecule has 0 aliphatic carbocycles. The average Bonchev–Trinajstić information content (AvgIpc) is 3.26. The van der Waals surface area contributed by atoms with E-state index >= 15 is 0 Å². The van der Waals surface area contributed by atoms with Crippen molar-refractivity contribution in [1.29, 1.82) is 0 Å². The topological polar surface area (TPSA) is 216 Å². The Morgan fingerprint density at radius 2 is 0.940 bits per heavy atom. The minimum absolute atomic E-state index is 0.178. The number of benzene rings is 2. The zero-order valence-corrected chi connectivity index (χ0v) is 43.0. The zero-order chi connectivity index (χ0) is 49.1. The molecule has 5 aromatic rings. The zero-order valence-electron chi connectivity index (χ0n) is 39.7. The minimum atomic E-state index is -4.27. The van der Waals surface area contributed by atoms with Crippen molar-refractivity contribution in [1.82, 2.24) is 19.1 Å². The predicted molar refractivity (Wildman–Crippen MR) is 263 cm³/mol. The molecule has 0 fully saturated rings. The van der Waals surface area contributed by atoms with E-state index in [2.05, 4.69) is 59.8 Å². The first-order valence-corrected chi connectivity index (χ1v) is 27.4. The number of thioether (sulfide) groups is 2. The van der Waals surface area contributed by atoms with Gasteiger partial charge in [-0.2, -0.15) is 0 Å². The van der Waals surface area contributed by atoms with Gasteiger partial charge in [-0.1, -0.05) is 61.1 Å². The SMILES string of the molecule is Cc1cc(=O)n2c(=O)n1CCCCCSc1nc(cc(C)[n+]1C)NCCCCCCNc1cc(C)[n+](C)c(n1)SCCCCC2.Cc1ccc(S(=O)(=O)[O-])cc1.Cc1ccc(S(=O)(=O)[O-])cc1. The Morgan fingerprint density at radius 3 is 1.34 bits per heavy atom. The van der Waals surface area contributed by atoms with Gasteiger partial charge in [-0.15, -0.1) is 0 Å². The van der Waals surface area contributed by atoms with Gasteiger partial charge in [0, 0.05) is 61.6 Å². The van der Waals surface area contributed by atoms with Gasteiger partial charge in [0.05, 0.1) is 23.9 Å². The second-order valence-electron chi connectivity index (χ2n) is 16.6. The van der Waals surface area contributed by atoms with Crippen molar-refractivity contribution in [2.75, 3.05) is 35.2 Å². The second-order valence-corrected chi connectivity index (χ2v) is 21.5. The van der Waals surface area contributed by atoms with Crippen LogP contribution in [0.15, 0.2) is 96.4 Å². The number of rotatable bonds is 2. The average molecular weight is 999 g/mol. The van der Waals surface area contributed by atoms with E-state index in [0.717, 1.165) is 115 Å². The lowest BCUT2D eigenvalue weighted by molar-refractivity contribution is -0.718. The summed E-state index contributed by atoms with van der Waals surface area (Å²) < 4.78 is 69.8. The monoisotopic (exact) mass is 998 g/mol. The maximum absolute atomic E-state index is 13.3. The highest BCUT2D eigenvalue weighted by atomic mass is 32.2. The van der Waals surface area contributed by atoms with Crippen LogP contribution >= 0.6 is 23.5 Å². The highest BCUT2D eigenvalue weighted by Crippen LogP contribution is 2.19. The van der Waals surface area contributed by atoms with Crippen LogP contribution in [-0.4, -0.2) is 69.6 Å². The van der Waals surface area contributed by atoms with Gasteiger partial charge in [-0.25, -0.2) is 30.8 Å². The Balaban J connectivity index is 0.000000360. The van der Waals surface area contributed by atoms with Gasteiger partial charge in [0.1, 0.15) is 31.6 Å². The molecule has 0 amide bonds. The van der Waals surface area contributed by atoms with Crippen molar-refractivity contribution in [3.63, 3.8) is 0 Å². The van der Waals surface area contributed by atoms with E-state index in [-0.39, 0.29) is 21.0 Å². The normalized spacial score (nSPS) is 15.1. The highest BCUT2D eigenvalue weighted by molar-refractivity contribution is 7.99. The fourth-order valence-electron chi connectivity index (χ4n) is 6.83. The number of hydrogen-bond donors (Lipinski definition) is 2. The summed E-state index contributed by atoms with van der Waals surface area (Å²) in [6, 6.07) is 17.4. The standard InChI is InChI=1S/C33H50N8O2S2.2C7H8O3S/c1-25-22-28-34-16-10-6-7-11-17-35-29-23-26(2)39(5)32(37-29)45-21-15-9-13-19-41-30(42)24-27(3)40(33(41)43)18-12-8-14-20-44-31(36-28)38(25)4;2*1-6-2-4-7(5-3-6)11(8,9)10/h22-24H,6-21H2,1-5H3;2*2-5H,1H3,(H,8,9,10). The van der Waals surface area contributed by atoms with Crippen LogP contribution in [0.1, 0.15) is 92.4 Å². The van der Waals surface area contributed by atoms with Crippen LogP contribution in [0, 0.1) is 34.6 Å². The third-order valence-corrected chi connectivity index (χ3v) is 15.0. The maximum atomic E-state index is 13.3. The van der Waals surface area contributed by atoms with Crippen molar-refractivity contribution in [2.45, 2.75) is 132 Å². The van der Waals surface area contributed by atoms with Gasteiger partial charge in [0.15, 0.2) is 0 Å². The molecule has 0 radical (unpaired) electrons. The van der Waals surface area contributed by atoms with Crippen LogP contribution in [-0.2, 0) is 47.4 Å². The third kappa shape index (κ3) is 18.4. The Kier molecular flexibility index (Phi) is 22.0. The predicted octanol–water partition coefficient (Wildman–Crippen LogP) is 6.50. The first-order valence-electron chi connectivity index (χ1n) is 22.6. The Morgan fingerprint density at radius 1 is 0.552 bits per heavy atom. The summed E-state index contributed by atoms with van der Waals surface area (Å²) in [6.45, 7) is 12.7. The number of fused-ring (bicyclic) bond motifs is 6. The van der Waals surface area contributed by atoms with Gasteiger partial charge in [0.25, 0.3) is 5.56 Å². The lowest BCUT2D eigenvalue weighted by Crippen LogP contribution is -2.40. The Bertz CT molecular complexity index is 2660. The first kappa shape index (κ1) is 55.0. The van der Waals surface area contributed by atoms with Crippen LogP contribution in [0.2, 0.25) is 0 Å². The van der Waals surface area contributed by atoms with Crippen LogP contribution in [0.3, 0.4) is 0 Å². The highest BCUT2D eigenvalue weighted by Gasteiger charge is 2.18. The first-order chi connectivity index (χ1) is 31.7. The molecule has 0 saturated heterocycles. The molecule has 1 aliphatic heterocycles. The fourth-order valence-corrected chi connectivity index (χ4v) is 9.83. The minimum Gasteiger partial charge on any atom is -0.744 e. The molecule has 0 saturated carbocycles. The molecule has 2 aromatic carbocycles.